The van der Waals surface area contributed by atoms with Crippen molar-refractivity contribution >= 4 is 17.6 Å². The van der Waals surface area contributed by atoms with Crippen LogP contribution < -0.4 is 9.64 Å². The second kappa shape index (κ2) is 8.19. The number of hydrogen-bond acceptors (Lipinski definition) is 3. The van der Waals surface area contributed by atoms with Gasteiger partial charge in [0.15, 0.2) is 0 Å². The molecule has 0 aromatic heterocycles. The van der Waals surface area contributed by atoms with Gasteiger partial charge in [-0.05, 0) is 62.8 Å². The van der Waals surface area contributed by atoms with Crippen LogP contribution in [0.5, 0.6) is 5.75 Å². The Hall–Kier alpha value is -2.24. The van der Waals surface area contributed by atoms with Gasteiger partial charge in [0.05, 0.1) is 7.11 Å². The second-order valence-electron chi connectivity index (χ2n) is 7.92. The van der Waals surface area contributed by atoms with Gasteiger partial charge in [-0.15, -0.1) is 0 Å². The fourth-order valence-corrected chi connectivity index (χ4v) is 3.89. The van der Waals surface area contributed by atoms with E-state index in [4.69, 9.17) is 4.74 Å². The van der Waals surface area contributed by atoms with Crippen LogP contribution in [0, 0.1) is 11.8 Å². The van der Waals surface area contributed by atoms with Gasteiger partial charge >= 0.3 is 6.03 Å². The molecule has 3 amide bonds. The van der Waals surface area contributed by atoms with Crippen molar-refractivity contribution < 1.29 is 14.3 Å². The highest BCUT2D eigenvalue weighted by Gasteiger charge is 2.38. The van der Waals surface area contributed by atoms with Gasteiger partial charge in [-0.3, -0.25) is 4.79 Å². The van der Waals surface area contributed by atoms with E-state index in [1.54, 1.807) is 26.1 Å². The Morgan fingerprint density at radius 2 is 1.67 bits per heavy atom. The summed E-state index contributed by atoms with van der Waals surface area (Å²) in [7, 11) is 5.18. The molecule has 148 valence electrons. The summed E-state index contributed by atoms with van der Waals surface area (Å²) in [6, 6.07) is 7.99. The van der Waals surface area contributed by atoms with Gasteiger partial charge in [0.25, 0.3) is 0 Å². The van der Waals surface area contributed by atoms with Crippen LogP contribution >= 0.6 is 0 Å². The highest BCUT2D eigenvalue weighted by atomic mass is 16.5. The maximum absolute atomic E-state index is 13.4. The summed E-state index contributed by atoms with van der Waals surface area (Å²) >= 11 is 0. The van der Waals surface area contributed by atoms with E-state index < -0.39 is 0 Å². The topological polar surface area (TPSA) is 53.1 Å². The summed E-state index contributed by atoms with van der Waals surface area (Å²) < 4.78 is 5.25. The van der Waals surface area contributed by atoms with E-state index in [9.17, 15) is 9.59 Å². The lowest BCUT2D eigenvalue weighted by Gasteiger charge is -2.37. The van der Waals surface area contributed by atoms with Crippen molar-refractivity contribution in [3.8, 4) is 5.75 Å². The SMILES string of the molecule is COc1ccc(N(C(=O)C2CCN(C(=O)N(C)C)CC2)C(C)C2CC2)cc1. The number of urea groups is 1. The number of piperidine rings is 1. The van der Waals surface area contributed by atoms with E-state index in [0.717, 1.165) is 24.3 Å². The van der Waals surface area contributed by atoms with Crippen LogP contribution in [0.2, 0.25) is 0 Å². The minimum atomic E-state index is -0.0282. The Balaban J connectivity index is 1.72. The highest BCUT2D eigenvalue weighted by Crippen LogP contribution is 2.38. The Labute approximate surface area is 162 Å². The summed E-state index contributed by atoms with van der Waals surface area (Å²) in [6.07, 6.45) is 3.83. The molecule has 0 spiro atoms. The van der Waals surface area contributed by atoms with Gasteiger partial charge in [-0.25, -0.2) is 4.79 Å². The van der Waals surface area contributed by atoms with Crippen LogP contribution in [0.15, 0.2) is 24.3 Å². The molecule has 6 nitrogen and oxygen atoms in total. The maximum Gasteiger partial charge on any atom is 0.319 e. The van der Waals surface area contributed by atoms with E-state index in [1.165, 1.54) is 12.8 Å². The molecule has 27 heavy (non-hydrogen) atoms. The Morgan fingerprint density at radius 3 is 2.15 bits per heavy atom. The van der Waals surface area contributed by atoms with Crippen LogP contribution in [-0.4, -0.2) is 62.1 Å². The molecule has 1 aromatic carbocycles. The van der Waals surface area contributed by atoms with Crippen molar-refractivity contribution in [1.82, 2.24) is 9.80 Å². The number of anilines is 1. The second-order valence-corrected chi connectivity index (χ2v) is 7.92. The van der Waals surface area contributed by atoms with Crippen molar-refractivity contribution in [2.75, 3.05) is 39.2 Å². The van der Waals surface area contributed by atoms with Gasteiger partial charge in [-0.2, -0.15) is 0 Å². The van der Waals surface area contributed by atoms with Crippen molar-refractivity contribution in [3.63, 3.8) is 0 Å². The lowest BCUT2D eigenvalue weighted by molar-refractivity contribution is -0.124. The van der Waals surface area contributed by atoms with Gasteiger partial charge < -0.3 is 19.4 Å². The number of amides is 3. The number of rotatable bonds is 5. The molecule has 1 unspecified atom stereocenters. The molecule has 6 heteroatoms. The number of nitrogens with zero attached hydrogens (tertiary/aromatic N) is 3. The van der Waals surface area contributed by atoms with E-state index in [1.807, 2.05) is 34.1 Å². The quantitative estimate of drug-likeness (QED) is 0.796. The summed E-state index contributed by atoms with van der Waals surface area (Å²) in [5.41, 5.74) is 0.937. The van der Waals surface area contributed by atoms with Crippen molar-refractivity contribution in [2.45, 2.75) is 38.6 Å². The van der Waals surface area contributed by atoms with Crippen LogP contribution in [0.25, 0.3) is 0 Å². The van der Waals surface area contributed by atoms with Crippen molar-refractivity contribution in [1.29, 1.82) is 0 Å². The first-order valence-electron chi connectivity index (χ1n) is 9.85. The smallest absolute Gasteiger partial charge is 0.319 e. The molecule has 3 rings (SSSR count). The standard InChI is InChI=1S/C21H31N3O3/c1-15(16-5-6-16)24(18-7-9-19(27-4)10-8-18)20(25)17-11-13-23(14-12-17)21(26)22(2)3/h7-10,15-17H,5-6,11-14H2,1-4H3. The van der Waals surface area contributed by atoms with Crippen LogP contribution in [-0.2, 0) is 4.79 Å². The summed E-state index contributed by atoms with van der Waals surface area (Å²) in [5, 5.41) is 0. The average Bonchev–Trinajstić information content (AvgIpc) is 3.53. The van der Waals surface area contributed by atoms with E-state index in [-0.39, 0.29) is 23.9 Å². The van der Waals surface area contributed by atoms with Crippen LogP contribution in [0.1, 0.15) is 32.6 Å². The summed E-state index contributed by atoms with van der Waals surface area (Å²) in [6.45, 7) is 3.44. The molecule has 1 aromatic rings. The first-order valence-corrected chi connectivity index (χ1v) is 9.85. The van der Waals surface area contributed by atoms with E-state index >= 15 is 0 Å². The fraction of sp³-hybridized carbons (Fsp3) is 0.619. The zero-order chi connectivity index (χ0) is 19.6. The first-order chi connectivity index (χ1) is 12.9. The van der Waals surface area contributed by atoms with Crippen molar-refractivity contribution in [3.05, 3.63) is 24.3 Å². The molecule has 2 fully saturated rings. The normalized spacial score (nSPS) is 18.7. The third-order valence-electron chi connectivity index (χ3n) is 5.80. The van der Waals surface area contributed by atoms with Gasteiger partial charge in [0.1, 0.15) is 5.75 Å². The van der Waals surface area contributed by atoms with Crippen molar-refractivity contribution in [2.24, 2.45) is 11.8 Å². The largest absolute Gasteiger partial charge is 0.497 e. The Kier molecular flexibility index (Phi) is 5.92. The average molecular weight is 373 g/mol. The Bertz CT molecular complexity index is 662. The molecule has 1 heterocycles. The fourth-order valence-electron chi connectivity index (χ4n) is 3.89. The van der Waals surface area contributed by atoms with Crippen LogP contribution in [0.3, 0.4) is 0 Å². The van der Waals surface area contributed by atoms with Gasteiger partial charge in [0, 0.05) is 44.8 Å². The van der Waals surface area contributed by atoms with Gasteiger partial charge in [-0.1, -0.05) is 0 Å². The molecule has 1 atom stereocenters. The lowest BCUT2D eigenvalue weighted by Crippen LogP contribution is -2.49. The van der Waals surface area contributed by atoms with E-state index in [2.05, 4.69) is 6.92 Å². The molecular formula is C21H31N3O3. The van der Waals surface area contributed by atoms with Gasteiger partial charge in [0.2, 0.25) is 5.91 Å². The minimum Gasteiger partial charge on any atom is -0.497 e. The number of hydrogen-bond donors (Lipinski definition) is 0. The maximum atomic E-state index is 13.4. The van der Waals surface area contributed by atoms with E-state index in [0.29, 0.717) is 19.0 Å². The predicted molar refractivity (Wildman–Crippen MR) is 106 cm³/mol. The number of likely N-dealkylation sites (tertiary alicyclic amines) is 1. The molecule has 2 aliphatic rings. The minimum absolute atomic E-state index is 0.0271. The monoisotopic (exact) mass is 373 g/mol. The molecule has 0 N–H and O–H groups in total. The zero-order valence-electron chi connectivity index (χ0n) is 16.9. The molecule has 1 aliphatic heterocycles. The zero-order valence-corrected chi connectivity index (χ0v) is 16.9. The molecular weight excluding hydrogens is 342 g/mol. The molecule has 1 aliphatic carbocycles. The number of carbonyl (C=O) groups excluding carboxylic acids is 2. The number of benzene rings is 1. The molecule has 0 radical (unpaired) electrons. The molecule has 1 saturated heterocycles. The summed E-state index contributed by atoms with van der Waals surface area (Å²) in [4.78, 5) is 31.0. The molecule has 1 saturated carbocycles. The lowest BCUT2D eigenvalue weighted by atomic mass is 9.94. The first kappa shape index (κ1) is 19.5. The predicted octanol–water partition coefficient (Wildman–Crippen LogP) is 3.22. The third-order valence-corrected chi connectivity index (χ3v) is 5.80. The highest BCUT2D eigenvalue weighted by molar-refractivity contribution is 5.96. The summed E-state index contributed by atoms with van der Waals surface area (Å²) in [5.74, 6) is 1.54. The Morgan fingerprint density at radius 1 is 1.07 bits per heavy atom. The number of carbonyl (C=O) groups is 2. The van der Waals surface area contributed by atoms with Crippen LogP contribution in [0.4, 0.5) is 10.5 Å². The molecule has 0 bridgehead atoms. The number of ether oxygens (including phenoxy) is 1. The number of methoxy groups -OCH3 is 1. The third kappa shape index (κ3) is 4.37.